The number of piperidine rings is 1. The normalized spacial score (nSPS) is 16.5. The van der Waals surface area contributed by atoms with Gasteiger partial charge < -0.3 is 14.5 Å². The third-order valence-corrected chi connectivity index (χ3v) is 5.72. The van der Waals surface area contributed by atoms with Gasteiger partial charge in [-0.25, -0.2) is 0 Å². The molecular weight excluding hydrogens is 376 g/mol. The van der Waals surface area contributed by atoms with E-state index in [2.05, 4.69) is 0 Å². The minimum atomic E-state index is -0.452. The SMILES string of the molecule is COC(=O)CN(Cc1ccccc1)C(=O)C1CCCN(C(=O)c2cccs2)C1. The van der Waals surface area contributed by atoms with E-state index < -0.39 is 5.97 Å². The van der Waals surface area contributed by atoms with Crippen molar-refractivity contribution in [3.63, 3.8) is 0 Å². The molecule has 1 aliphatic rings. The van der Waals surface area contributed by atoms with Crippen molar-refractivity contribution in [2.75, 3.05) is 26.7 Å². The number of carbonyl (C=O) groups is 3. The van der Waals surface area contributed by atoms with Crippen molar-refractivity contribution >= 4 is 29.1 Å². The van der Waals surface area contributed by atoms with Crippen LogP contribution in [0.3, 0.4) is 0 Å². The average molecular weight is 401 g/mol. The summed E-state index contributed by atoms with van der Waals surface area (Å²) in [4.78, 5) is 41.7. The van der Waals surface area contributed by atoms with Crippen LogP contribution in [-0.2, 0) is 20.9 Å². The van der Waals surface area contributed by atoms with Crippen LogP contribution >= 0.6 is 11.3 Å². The smallest absolute Gasteiger partial charge is 0.325 e. The minimum absolute atomic E-state index is 0.0323. The molecule has 6 nitrogen and oxygen atoms in total. The number of nitrogens with zero attached hydrogens (tertiary/aromatic N) is 2. The molecule has 0 bridgehead atoms. The van der Waals surface area contributed by atoms with Crippen molar-refractivity contribution in [2.45, 2.75) is 19.4 Å². The Hall–Kier alpha value is -2.67. The van der Waals surface area contributed by atoms with E-state index in [0.717, 1.165) is 12.0 Å². The highest BCUT2D eigenvalue weighted by Crippen LogP contribution is 2.23. The Morgan fingerprint density at radius 3 is 2.64 bits per heavy atom. The van der Waals surface area contributed by atoms with Crippen LogP contribution in [0.4, 0.5) is 0 Å². The molecule has 1 saturated heterocycles. The lowest BCUT2D eigenvalue weighted by molar-refractivity contribution is -0.149. The van der Waals surface area contributed by atoms with E-state index in [1.807, 2.05) is 41.8 Å². The molecule has 2 aromatic rings. The maximum absolute atomic E-state index is 13.2. The third-order valence-electron chi connectivity index (χ3n) is 4.87. The second-order valence-corrected chi connectivity index (χ2v) is 7.77. The Balaban J connectivity index is 1.71. The number of hydrogen-bond acceptors (Lipinski definition) is 5. The summed E-state index contributed by atoms with van der Waals surface area (Å²) in [6.45, 7) is 1.27. The highest BCUT2D eigenvalue weighted by atomic mass is 32.1. The summed E-state index contributed by atoms with van der Waals surface area (Å²) < 4.78 is 4.77. The molecule has 1 fully saturated rings. The van der Waals surface area contributed by atoms with Gasteiger partial charge in [0.1, 0.15) is 6.54 Å². The molecule has 2 heterocycles. The molecular formula is C21H24N2O4S. The first kappa shape index (κ1) is 20.1. The summed E-state index contributed by atoms with van der Waals surface area (Å²) >= 11 is 1.41. The van der Waals surface area contributed by atoms with Crippen LogP contribution in [0.15, 0.2) is 47.8 Å². The Kier molecular flexibility index (Phi) is 6.81. The van der Waals surface area contributed by atoms with Gasteiger partial charge in [0.05, 0.1) is 17.9 Å². The topological polar surface area (TPSA) is 66.9 Å². The van der Waals surface area contributed by atoms with E-state index >= 15 is 0 Å². The van der Waals surface area contributed by atoms with Gasteiger partial charge in [-0.2, -0.15) is 0 Å². The predicted octanol–water partition coefficient (Wildman–Crippen LogP) is 2.80. The lowest BCUT2D eigenvalue weighted by atomic mass is 9.96. The number of hydrogen-bond donors (Lipinski definition) is 0. The van der Waals surface area contributed by atoms with Gasteiger partial charge in [0.25, 0.3) is 5.91 Å². The molecule has 3 rings (SSSR count). The van der Waals surface area contributed by atoms with E-state index in [-0.39, 0.29) is 24.3 Å². The fourth-order valence-electron chi connectivity index (χ4n) is 3.41. The van der Waals surface area contributed by atoms with Gasteiger partial charge in [-0.3, -0.25) is 14.4 Å². The molecule has 2 amide bonds. The fourth-order valence-corrected chi connectivity index (χ4v) is 4.10. The Morgan fingerprint density at radius 1 is 1.18 bits per heavy atom. The maximum atomic E-state index is 13.2. The maximum Gasteiger partial charge on any atom is 0.325 e. The Morgan fingerprint density at radius 2 is 1.96 bits per heavy atom. The zero-order valence-corrected chi connectivity index (χ0v) is 16.7. The van der Waals surface area contributed by atoms with Crippen molar-refractivity contribution in [2.24, 2.45) is 5.92 Å². The van der Waals surface area contributed by atoms with E-state index in [4.69, 9.17) is 4.74 Å². The van der Waals surface area contributed by atoms with E-state index in [0.29, 0.717) is 30.9 Å². The number of ether oxygens (including phenoxy) is 1. The first-order chi connectivity index (χ1) is 13.6. The second-order valence-electron chi connectivity index (χ2n) is 6.82. The van der Waals surface area contributed by atoms with Crippen LogP contribution in [0.2, 0.25) is 0 Å². The highest BCUT2D eigenvalue weighted by molar-refractivity contribution is 7.12. The fraction of sp³-hybridized carbons (Fsp3) is 0.381. The molecule has 1 aromatic heterocycles. The lowest BCUT2D eigenvalue weighted by Gasteiger charge is -2.34. The third kappa shape index (κ3) is 4.98. The standard InChI is InChI=1S/C21H24N2O4S/c1-27-19(24)15-23(13-16-7-3-2-4-8-16)20(25)17-9-5-11-22(14-17)21(26)18-10-6-12-28-18/h2-4,6-8,10,12,17H,5,9,11,13-15H2,1H3. The number of thiophene rings is 1. The van der Waals surface area contributed by atoms with Gasteiger partial charge in [-0.1, -0.05) is 36.4 Å². The van der Waals surface area contributed by atoms with Crippen molar-refractivity contribution in [1.29, 1.82) is 0 Å². The zero-order chi connectivity index (χ0) is 19.9. The Bertz CT molecular complexity index is 807. The quantitative estimate of drug-likeness (QED) is 0.700. The summed E-state index contributed by atoms with van der Waals surface area (Å²) in [6, 6.07) is 13.2. The predicted molar refractivity (Wildman–Crippen MR) is 107 cm³/mol. The van der Waals surface area contributed by atoms with Gasteiger partial charge in [0, 0.05) is 19.6 Å². The van der Waals surface area contributed by atoms with Crippen LogP contribution in [-0.4, -0.2) is 54.3 Å². The van der Waals surface area contributed by atoms with Gasteiger partial charge in [-0.05, 0) is 29.9 Å². The molecule has 148 valence electrons. The van der Waals surface area contributed by atoms with E-state index in [1.54, 1.807) is 11.0 Å². The summed E-state index contributed by atoms with van der Waals surface area (Å²) in [6.07, 6.45) is 1.48. The minimum Gasteiger partial charge on any atom is -0.468 e. The summed E-state index contributed by atoms with van der Waals surface area (Å²) in [5.74, 6) is -0.911. The van der Waals surface area contributed by atoms with Crippen molar-refractivity contribution in [1.82, 2.24) is 9.80 Å². The first-order valence-electron chi connectivity index (χ1n) is 9.30. The number of methoxy groups -OCH3 is 1. The second kappa shape index (κ2) is 9.50. The highest BCUT2D eigenvalue weighted by Gasteiger charge is 2.32. The summed E-state index contributed by atoms with van der Waals surface area (Å²) in [5, 5.41) is 1.87. The van der Waals surface area contributed by atoms with Crippen LogP contribution in [0.1, 0.15) is 28.1 Å². The summed E-state index contributed by atoms with van der Waals surface area (Å²) in [5.41, 5.74) is 0.946. The van der Waals surface area contributed by atoms with Crippen LogP contribution in [0.25, 0.3) is 0 Å². The molecule has 0 aliphatic carbocycles. The first-order valence-corrected chi connectivity index (χ1v) is 10.2. The molecule has 1 unspecified atom stereocenters. The van der Waals surface area contributed by atoms with Crippen molar-refractivity contribution in [3.05, 3.63) is 58.3 Å². The van der Waals surface area contributed by atoms with Gasteiger partial charge in [0.15, 0.2) is 0 Å². The Labute approximate surface area is 168 Å². The van der Waals surface area contributed by atoms with Crippen molar-refractivity contribution < 1.29 is 19.1 Å². The lowest BCUT2D eigenvalue weighted by Crippen LogP contribution is -2.47. The van der Waals surface area contributed by atoms with Crippen LogP contribution in [0, 0.1) is 5.92 Å². The van der Waals surface area contributed by atoms with Crippen molar-refractivity contribution in [3.8, 4) is 0 Å². The molecule has 0 spiro atoms. The van der Waals surface area contributed by atoms with Crippen LogP contribution < -0.4 is 0 Å². The van der Waals surface area contributed by atoms with Gasteiger partial charge in [-0.15, -0.1) is 11.3 Å². The largest absolute Gasteiger partial charge is 0.468 e. The number of esters is 1. The molecule has 0 radical (unpaired) electrons. The number of carbonyl (C=O) groups excluding carboxylic acids is 3. The molecule has 7 heteroatoms. The van der Waals surface area contributed by atoms with E-state index in [9.17, 15) is 14.4 Å². The molecule has 1 aliphatic heterocycles. The molecule has 1 aromatic carbocycles. The number of rotatable bonds is 6. The number of likely N-dealkylation sites (tertiary alicyclic amines) is 1. The molecule has 28 heavy (non-hydrogen) atoms. The molecule has 0 saturated carbocycles. The molecule has 0 N–H and O–H groups in total. The average Bonchev–Trinajstić information content (AvgIpc) is 3.28. The monoisotopic (exact) mass is 400 g/mol. The van der Waals surface area contributed by atoms with Gasteiger partial charge in [0.2, 0.25) is 5.91 Å². The zero-order valence-electron chi connectivity index (χ0n) is 15.9. The number of amides is 2. The van der Waals surface area contributed by atoms with Crippen LogP contribution in [0.5, 0.6) is 0 Å². The molecule has 1 atom stereocenters. The number of benzene rings is 1. The van der Waals surface area contributed by atoms with E-state index in [1.165, 1.54) is 23.3 Å². The summed E-state index contributed by atoms with van der Waals surface area (Å²) in [7, 11) is 1.32. The van der Waals surface area contributed by atoms with Gasteiger partial charge >= 0.3 is 5.97 Å².